The van der Waals surface area contributed by atoms with Gasteiger partial charge in [-0.25, -0.2) is 0 Å². The molecule has 2 aliphatic rings. The lowest BCUT2D eigenvalue weighted by Crippen LogP contribution is -2.28. The number of hydrogen-bond acceptors (Lipinski definition) is 8. The number of aromatic nitrogens is 1. The lowest BCUT2D eigenvalue weighted by molar-refractivity contribution is -0.115. The van der Waals surface area contributed by atoms with Gasteiger partial charge in [0.2, 0.25) is 18.6 Å². The van der Waals surface area contributed by atoms with Crippen molar-refractivity contribution in [3.8, 4) is 17.4 Å². The standard InChI is InChI=1S/C23H20N2O6S2/c1-11-20(26)15-9-17-16(30-10-31-17)7-13(15)8-19(32-11)21(27)24-14-4-2-12(3-5-14)6-18-22(28)25-23(29)33-18/h2-5,7,9,11,19,28H,6,8,10H2,1H3,(H,24,27)(H,25,29). The number of hydrogen-bond donors (Lipinski definition) is 3. The molecule has 170 valence electrons. The number of thioether (sulfide) groups is 1. The number of carbonyl (C=O) groups is 2. The Hall–Kier alpha value is -3.24. The van der Waals surface area contributed by atoms with Gasteiger partial charge in [0.1, 0.15) is 0 Å². The lowest BCUT2D eigenvalue weighted by Gasteiger charge is -2.16. The van der Waals surface area contributed by atoms with Crippen molar-refractivity contribution in [3.63, 3.8) is 0 Å². The number of amides is 1. The average molecular weight is 485 g/mol. The number of aromatic hydroxyl groups is 1. The van der Waals surface area contributed by atoms with Crippen LogP contribution in [0.4, 0.5) is 5.69 Å². The molecule has 3 heterocycles. The van der Waals surface area contributed by atoms with Gasteiger partial charge in [-0.05, 0) is 48.7 Å². The molecule has 1 aromatic heterocycles. The van der Waals surface area contributed by atoms with Gasteiger partial charge in [0.05, 0.1) is 15.4 Å². The van der Waals surface area contributed by atoms with E-state index in [1.807, 2.05) is 19.1 Å². The third kappa shape index (κ3) is 4.36. The van der Waals surface area contributed by atoms with Crippen molar-refractivity contribution in [2.24, 2.45) is 0 Å². The maximum absolute atomic E-state index is 13.1. The van der Waals surface area contributed by atoms with Gasteiger partial charge >= 0.3 is 4.87 Å². The van der Waals surface area contributed by atoms with Crippen molar-refractivity contribution in [1.82, 2.24) is 4.98 Å². The molecule has 2 atom stereocenters. The van der Waals surface area contributed by atoms with Gasteiger partial charge in [0.25, 0.3) is 0 Å². The van der Waals surface area contributed by atoms with E-state index in [-0.39, 0.29) is 34.5 Å². The molecule has 3 aromatic rings. The third-order valence-electron chi connectivity index (χ3n) is 5.59. The van der Waals surface area contributed by atoms with E-state index in [1.165, 1.54) is 11.8 Å². The SMILES string of the molecule is CC1SC(C(=O)Nc2ccc(Cc3sc(=O)[nH]c3O)cc2)Cc2cc3c(cc2C1=O)OCO3. The van der Waals surface area contributed by atoms with Crippen molar-refractivity contribution in [3.05, 3.63) is 67.6 Å². The molecule has 0 aliphatic carbocycles. The number of fused-ring (bicyclic) bond motifs is 2. The van der Waals surface area contributed by atoms with E-state index in [0.717, 1.165) is 22.5 Å². The second-order valence-corrected chi connectivity index (χ2v) is 10.5. The van der Waals surface area contributed by atoms with Crippen LogP contribution in [0, 0.1) is 0 Å². The zero-order valence-corrected chi connectivity index (χ0v) is 19.2. The Morgan fingerprint density at radius 2 is 1.91 bits per heavy atom. The fourth-order valence-corrected chi connectivity index (χ4v) is 5.86. The summed E-state index contributed by atoms with van der Waals surface area (Å²) in [5.41, 5.74) is 2.88. The first kappa shape index (κ1) is 21.6. The summed E-state index contributed by atoms with van der Waals surface area (Å²) in [5, 5.41) is 11.9. The topological polar surface area (TPSA) is 118 Å². The maximum Gasteiger partial charge on any atom is 0.307 e. The zero-order valence-electron chi connectivity index (χ0n) is 17.5. The number of ketones is 1. The minimum Gasteiger partial charge on any atom is -0.494 e. The highest BCUT2D eigenvalue weighted by Gasteiger charge is 2.33. The summed E-state index contributed by atoms with van der Waals surface area (Å²) in [6, 6.07) is 10.7. The van der Waals surface area contributed by atoms with Gasteiger partial charge in [-0.1, -0.05) is 23.5 Å². The van der Waals surface area contributed by atoms with Crippen molar-refractivity contribution in [1.29, 1.82) is 0 Å². The summed E-state index contributed by atoms with van der Waals surface area (Å²) < 4.78 is 10.9. The van der Waals surface area contributed by atoms with Crippen LogP contribution in [0.3, 0.4) is 0 Å². The molecule has 2 aromatic carbocycles. The number of H-pyrrole nitrogens is 1. The largest absolute Gasteiger partial charge is 0.494 e. The molecule has 0 bridgehead atoms. The molecule has 0 fully saturated rings. The number of rotatable bonds is 4. The van der Waals surface area contributed by atoms with E-state index >= 15 is 0 Å². The number of ether oxygens (including phenoxy) is 2. The van der Waals surface area contributed by atoms with E-state index in [4.69, 9.17) is 9.47 Å². The molecule has 0 saturated heterocycles. The Kier molecular flexibility index (Phi) is 5.63. The number of benzene rings is 2. The van der Waals surface area contributed by atoms with Crippen LogP contribution in [-0.2, 0) is 17.6 Å². The molecule has 0 radical (unpaired) electrons. The molecule has 1 amide bonds. The molecular formula is C23H20N2O6S2. The van der Waals surface area contributed by atoms with Crippen LogP contribution in [0.25, 0.3) is 0 Å². The molecule has 0 saturated carbocycles. The molecule has 8 nitrogen and oxygen atoms in total. The summed E-state index contributed by atoms with van der Waals surface area (Å²) in [5.74, 6) is 0.832. The fraction of sp³-hybridized carbons (Fsp3) is 0.261. The van der Waals surface area contributed by atoms with Gasteiger partial charge in [-0.3, -0.25) is 19.4 Å². The average Bonchev–Trinajstić information content (AvgIpc) is 3.34. The lowest BCUT2D eigenvalue weighted by atomic mass is 9.97. The van der Waals surface area contributed by atoms with Gasteiger partial charge in [0, 0.05) is 17.7 Å². The molecule has 2 aliphatic heterocycles. The van der Waals surface area contributed by atoms with Gasteiger partial charge in [-0.15, -0.1) is 11.8 Å². The van der Waals surface area contributed by atoms with E-state index in [0.29, 0.717) is 40.5 Å². The number of Topliss-reactive ketones (excluding diaryl/α,β-unsaturated/α-hetero) is 1. The van der Waals surface area contributed by atoms with Crippen LogP contribution in [0.5, 0.6) is 17.4 Å². The Morgan fingerprint density at radius 3 is 2.61 bits per heavy atom. The Labute approximate surface area is 196 Å². The first-order valence-electron chi connectivity index (χ1n) is 10.3. The summed E-state index contributed by atoms with van der Waals surface area (Å²) in [6.45, 7) is 1.94. The predicted molar refractivity (Wildman–Crippen MR) is 126 cm³/mol. The first-order valence-corrected chi connectivity index (χ1v) is 12.1. The highest BCUT2D eigenvalue weighted by molar-refractivity contribution is 8.02. The normalized spacial score (nSPS) is 19.1. The minimum absolute atomic E-state index is 0.0248. The zero-order chi connectivity index (χ0) is 23.1. The number of thiazole rings is 1. The number of carbonyl (C=O) groups excluding carboxylic acids is 2. The number of aromatic amines is 1. The molecular weight excluding hydrogens is 464 g/mol. The fourth-order valence-electron chi connectivity index (χ4n) is 3.90. The molecule has 2 unspecified atom stereocenters. The number of anilines is 1. The molecule has 0 spiro atoms. The van der Waals surface area contributed by atoms with E-state index in [2.05, 4.69) is 10.3 Å². The van der Waals surface area contributed by atoms with Crippen molar-refractivity contribution in [2.75, 3.05) is 12.1 Å². The van der Waals surface area contributed by atoms with Crippen LogP contribution < -0.4 is 19.7 Å². The second-order valence-electron chi connectivity index (χ2n) is 7.85. The smallest absolute Gasteiger partial charge is 0.307 e. The predicted octanol–water partition coefficient (Wildman–Crippen LogP) is 3.33. The van der Waals surface area contributed by atoms with Crippen LogP contribution in [0.1, 0.15) is 33.3 Å². The molecule has 10 heteroatoms. The summed E-state index contributed by atoms with van der Waals surface area (Å²) in [7, 11) is 0. The van der Waals surface area contributed by atoms with Crippen molar-refractivity contribution in [2.45, 2.75) is 30.3 Å². The summed E-state index contributed by atoms with van der Waals surface area (Å²) >= 11 is 2.31. The maximum atomic E-state index is 13.1. The van der Waals surface area contributed by atoms with Crippen LogP contribution in [0.2, 0.25) is 0 Å². The number of nitrogens with one attached hydrogen (secondary N) is 2. The van der Waals surface area contributed by atoms with Gasteiger partial charge in [0.15, 0.2) is 17.3 Å². The Balaban J connectivity index is 1.30. The second kappa shape index (κ2) is 8.60. The van der Waals surface area contributed by atoms with Crippen molar-refractivity contribution >= 4 is 40.5 Å². The molecule has 5 rings (SSSR count). The van der Waals surface area contributed by atoms with Gasteiger partial charge < -0.3 is 19.9 Å². The van der Waals surface area contributed by atoms with Crippen molar-refractivity contribution < 1.29 is 24.2 Å². The van der Waals surface area contributed by atoms with Crippen LogP contribution in [0.15, 0.2) is 41.2 Å². The molecule has 33 heavy (non-hydrogen) atoms. The third-order valence-corrected chi connectivity index (χ3v) is 7.79. The summed E-state index contributed by atoms with van der Waals surface area (Å²) in [6.07, 6.45) is 0.816. The van der Waals surface area contributed by atoms with Gasteiger partial charge in [-0.2, -0.15) is 0 Å². The van der Waals surface area contributed by atoms with Crippen LogP contribution in [-0.4, -0.2) is 39.1 Å². The van der Waals surface area contributed by atoms with Crippen LogP contribution >= 0.6 is 23.1 Å². The highest BCUT2D eigenvalue weighted by Crippen LogP contribution is 2.39. The monoisotopic (exact) mass is 484 g/mol. The van der Waals surface area contributed by atoms with E-state index in [9.17, 15) is 19.5 Å². The molecule has 3 N–H and O–H groups in total. The first-order chi connectivity index (χ1) is 15.9. The Morgan fingerprint density at radius 1 is 1.18 bits per heavy atom. The van der Waals surface area contributed by atoms with E-state index < -0.39 is 5.25 Å². The summed E-state index contributed by atoms with van der Waals surface area (Å²) in [4.78, 5) is 39.9. The highest BCUT2D eigenvalue weighted by atomic mass is 32.2. The van der Waals surface area contributed by atoms with E-state index in [1.54, 1.807) is 24.3 Å². The minimum atomic E-state index is -0.445. The Bertz CT molecular complexity index is 1300. The quantitative estimate of drug-likeness (QED) is 0.520.